The van der Waals surface area contributed by atoms with Gasteiger partial charge in [0.2, 0.25) is 5.91 Å². The van der Waals surface area contributed by atoms with Crippen LogP contribution in [-0.2, 0) is 11.2 Å². The molecule has 2 rings (SSSR count). The maximum absolute atomic E-state index is 11.9. The summed E-state index contributed by atoms with van der Waals surface area (Å²) >= 11 is 9.17. The fourth-order valence-corrected chi connectivity index (χ4v) is 2.30. The molecular formula is C14H12BrClN2O. The fourth-order valence-electron chi connectivity index (χ4n) is 1.69. The first-order chi connectivity index (χ1) is 9.04. The van der Waals surface area contributed by atoms with Crippen LogP contribution in [0.4, 0.5) is 5.69 Å². The Balaban J connectivity index is 2.05. The van der Waals surface area contributed by atoms with E-state index in [1.54, 1.807) is 18.2 Å². The number of carbonyl (C=O) groups is 1. The summed E-state index contributed by atoms with van der Waals surface area (Å²) < 4.78 is 0.748. The standard InChI is InChI=1S/C14H12BrClN2O/c1-9-12(5-6-13(15)17-9)18-14(19)8-10-3-2-4-11(16)7-10/h2-7H,8H2,1H3,(H,18,19). The Labute approximate surface area is 125 Å². The van der Waals surface area contributed by atoms with Gasteiger partial charge in [-0.2, -0.15) is 0 Å². The largest absolute Gasteiger partial charge is 0.324 e. The minimum absolute atomic E-state index is 0.0884. The Hall–Kier alpha value is -1.39. The molecule has 1 N–H and O–H groups in total. The Morgan fingerprint density at radius 2 is 2.16 bits per heavy atom. The molecule has 19 heavy (non-hydrogen) atoms. The van der Waals surface area contributed by atoms with Crippen LogP contribution in [0.2, 0.25) is 5.02 Å². The van der Waals surface area contributed by atoms with E-state index in [-0.39, 0.29) is 12.3 Å². The van der Waals surface area contributed by atoms with Crippen LogP contribution in [0.3, 0.4) is 0 Å². The second-order valence-electron chi connectivity index (χ2n) is 4.12. The molecule has 5 heteroatoms. The number of carbonyl (C=O) groups excluding carboxylic acids is 1. The third-order valence-corrected chi connectivity index (χ3v) is 3.26. The average Bonchev–Trinajstić information content (AvgIpc) is 2.33. The molecule has 0 fully saturated rings. The summed E-state index contributed by atoms with van der Waals surface area (Å²) in [5.74, 6) is -0.0884. The summed E-state index contributed by atoms with van der Waals surface area (Å²) in [4.78, 5) is 16.2. The molecule has 0 atom stereocenters. The molecular weight excluding hydrogens is 328 g/mol. The smallest absolute Gasteiger partial charge is 0.228 e. The Morgan fingerprint density at radius 1 is 1.37 bits per heavy atom. The predicted octanol–water partition coefficient (Wildman–Crippen LogP) is 3.99. The molecule has 0 saturated carbocycles. The minimum Gasteiger partial charge on any atom is -0.324 e. The molecule has 98 valence electrons. The molecule has 1 aromatic carbocycles. The van der Waals surface area contributed by atoms with Gasteiger partial charge in [0.25, 0.3) is 0 Å². The highest BCUT2D eigenvalue weighted by Crippen LogP contribution is 2.17. The number of rotatable bonds is 3. The highest BCUT2D eigenvalue weighted by atomic mass is 79.9. The van der Waals surface area contributed by atoms with Crippen LogP contribution < -0.4 is 5.32 Å². The second-order valence-corrected chi connectivity index (χ2v) is 5.37. The van der Waals surface area contributed by atoms with Gasteiger partial charge in [0.1, 0.15) is 4.60 Å². The summed E-state index contributed by atoms with van der Waals surface area (Å²) in [6.07, 6.45) is 0.288. The number of aromatic nitrogens is 1. The number of nitrogens with one attached hydrogen (secondary N) is 1. The number of nitrogens with zero attached hydrogens (tertiary/aromatic N) is 1. The maximum Gasteiger partial charge on any atom is 0.228 e. The van der Waals surface area contributed by atoms with Gasteiger partial charge in [-0.05, 0) is 52.7 Å². The van der Waals surface area contributed by atoms with Gasteiger partial charge in [0.05, 0.1) is 17.8 Å². The topological polar surface area (TPSA) is 42.0 Å². The SMILES string of the molecule is Cc1nc(Br)ccc1NC(=O)Cc1cccc(Cl)c1. The van der Waals surface area contributed by atoms with Crippen molar-refractivity contribution in [1.82, 2.24) is 4.98 Å². The predicted molar refractivity (Wildman–Crippen MR) is 80.5 cm³/mol. The Bertz CT molecular complexity index is 616. The van der Waals surface area contributed by atoms with Crippen LogP contribution in [0, 0.1) is 6.92 Å². The number of hydrogen-bond acceptors (Lipinski definition) is 2. The van der Waals surface area contributed by atoms with E-state index in [1.807, 2.05) is 25.1 Å². The van der Waals surface area contributed by atoms with E-state index in [0.717, 1.165) is 21.5 Å². The third-order valence-electron chi connectivity index (χ3n) is 2.58. The Morgan fingerprint density at radius 3 is 2.84 bits per heavy atom. The molecule has 1 aromatic heterocycles. The van der Waals surface area contributed by atoms with Gasteiger partial charge in [-0.25, -0.2) is 4.98 Å². The molecule has 3 nitrogen and oxygen atoms in total. The average molecular weight is 340 g/mol. The van der Waals surface area contributed by atoms with Crippen molar-refractivity contribution in [3.05, 3.63) is 57.3 Å². The van der Waals surface area contributed by atoms with Gasteiger partial charge in [-0.15, -0.1) is 0 Å². The zero-order valence-electron chi connectivity index (χ0n) is 10.3. The van der Waals surface area contributed by atoms with Crippen molar-refractivity contribution < 1.29 is 4.79 Å². The zero-order valence-corrected chi connectivity index (χ0v) is 12.6. The van der Waals surface area contributed by atoms with Crippen LogP contribution in [0.25, 0.3) is 0 Å². The van der Waals surface area contributed by atoms with E-state index < -0.39 is 0 Å². The normalized spacial score (nSPS) is 10.3. The first-order valence-electron chi connectivity index (χ1n) is 5.72. The maximum atomic E-state index is 11.9. The van der Waals surface area contributed by atoms with E-state index in [1.165, 1.54) is 0 Å². The molecule has 0 unspecified atom stereocenters. The zero-order chi connectivity index (χ0) is 13.8. The van der Waals surface area contributed by atoms with Crippen molar-refractivity contribution in [2.75, 3.05) is 5.32 Å². The van der Waals surface area contributed by atoms with Gasteiger partial charge >= 0.3 is 0 Å². The van der Waals surface area contributed by atoms with Crippen molar-refractivity contribution in [3.8, 4) is 0 Å². The summed E-state index contributed by atoms with van der Waals surface area (Å²) in [6, 6.07) is 10.9. The van der Waals surface area contributed by atoms with Crippen LogP contribution in [0.1, 0.15) is 11.3 Å². The van der Waals surface area contributed by atoms with Crippen molar-refractivity contribution in [2.45, 2.75) is 13.3 Å². The number of amides is 1. The number of halogens is 2. The summed E-state index contributed by atoms with van der Waals surface area (Å²) in [7, 11) is 0. The van der Waals surface area contributed by atoms with E-state index in [9.17, 15) is 4.79 Å². The van der Waals surface area contributed by atoms with Gasteiger partial charge in [-0.1, -0.05) is 23.7 Å². The van der Waals surface area contributed by atoms with Crippen LogP contribution in [0.5, 0.6) is 0 Å². The molecule has 2 aromatic rings. The van der Waals surface area contributed by atoms with E-state index in [0.29, 0.717) is 5.02 Å². The quantitative estimate of drug-likeness (QED) is 0.859. The molecule has 0 saturated heterocycles. The molecule has 0 aliphatic heterocycles. The molecule has 1 heterocycles. The van der Waals surface area contributed by atoms with Gasteiger partial charge < -0.3 is 5.32 Å². The third kappa shape index (κ3) is 4.04. The van der Waals surface area contributed by atoms with E-state index in [4.69, 9.17) is 11.6 Å². The lowest BCUT2D eigenvalue weighted by Crippen LogP contribution is -2.15. The number of anilines is 1. The minimum atomic E-state index is -0.0884. The molecule has 0 spiro atoms. The first-order valence-corrected chi connectivity index (χ1v) is 6.89. The monoisotopic (exact) mass is 338 g/mol. The molecule has 0 aliphatic carbocycles. The van der Waals surface area contributed by atoms with Gasteiger partial charge in [0.15, 0.2) is 0 Å². The lowest BCUT2D eigenvalue weighted by Gasteiger charge is -2.08. The van der Waals surface area contributed by atoms with Crippen LogP contribution >= 0.6 is 27.5 Å². The summed E-state index contributed by atoms with van der Waals surface area (Å²) in [5.41, 5.74) is 2.37. The van der Waals surface area contributed by atoms with Crippen molar-refractivity contribution >= 4 is 39.1 Å². The Kier molecular flexibility index (Phi) is 4.56. The van der Waals surface area contributed by atoms with Crippen molar-refractivity contribution in [1.29, 1.82) is 0 Å². The van der Waals surface area contributed by atoms with Gasteiger partial charge in [0, 0.05) is 5.02 Å². The number of benzene rings is 1. The van der Waals surface area contributed by atoms with Crippen LogP contribution in [-0.4, -0.2) is 10.9 Å². The van der Waals surface area contributed by atoms with Crippen molar-refractivity contribution in [3.63, 3.8) is 0 Å². The van der Waals surface area contributed by atoms with Crippen LogP contribution in [0.15, 0.2) is 41.0 Å². The molecule has 0 radical (unpaired) electrons. The highest BCUT2D eigenvalue weighted by molar-refractivity contribution is 9.10. The van der Waals surface area contributed by atoms with E-state index >= 15 is 0 Å². The number of hydrogen-bond donors (Lipinski definition) is 1. The lowest BCUT2D eigenvalue weighted by molar-refractivity contribution is -0.115. The van der Waals surface area contributed by atoms with Gasteiger partial charge in [-0.3, -0.25) is 4.79 Å². The summed E-state index contributed by atoms with van der Waals surface area (Å²) in [5, 5.41) is 3.47. The van der Waals surface area contributed by atoms with Crippen molar-refractivity contribution in [2.24, 2.45) is 0 Å². The number of aryl methyl sites for hydroxylation is 1. The molecule has 0 aliphatic rings. The highest BCUT2D eigenvalue weighted by Gasteiger charge is 2.07. The number of pyridine rings is 1. The first kappa shape index (κ1) is 14.0. The van der Waals surface area contributed by atoms with E-state index in [2.05, 4.69) is 26.2 Å². The lowest BCUT2D eigenvalue weighted by atomic mass is 10.1. The summed E-state index contributed by atoms with van der Waals surface area (Å²) in [6.45, 7) is 1.85. The fraction of sp³-hybridized carbons (Fsp3) is 0.143. The molecule has 1 amide bonds. The molecule has 0 bridgehead atoms. The second kappa shape index (κ2) is 6.17.